The van der Waals surface area contributed by atoms with Crippen molar-refractivity contribution in [2.24, 2.45) is 0 Å². The number of carbonyl (C=O) groups excluding carboxylic acids is 2. The fraction of sp³-hybridized carbons (Fsp3) is 0.357. The minimum Gasteiger partial charge on any atom is -0.384 e. The summed E-state index contributed by atoms with van der Waals surface area (Å²) < 4.78 is 0. The number of aromatic nitrogens is 1. The molecule has 2 amide bonds. The van der Waals surface area contributed by atoms with E-state index in [-0.39, 0.29) is 31.4 Å². The first kappa shape index (κ1) is 15.7. The van der Waals surface area contributed by atoms with Crippen LogP contribution in [0.15, 0.2) is 18.5 Å². The van der Waals surface area contributed by atoms with E-state index < -0.39 is 0 Å². The average molecular weight is 275 g/mol. The smallest absolute Gasteiger partial charge is 0.252 e. The van der Waals surface area contributed by atoms with E-state index in [2.05, 4.69) is 27.5 Å². The molecule has 1 aromatic rings. The Morgan fingerprint density at radius 3 is 2.90 bits per heavy atom. The summed E-state index contributed by atoms with van der Waals surface area (Å²) in [6.07, 6.45) is 3.17. The number of hydrogen-bond acceptors (Lipinski definition) is 4. The van der Waals surface area contributed by atoms with E-state index in [4.69, 9.17) is 5.11 Å². The highest BCUT2D eigenvalue weighted by Gasteiger charge is 2.10. The molecular weight excluding hydrogens is 258 g/mol. The van der Waals surface area contributed by atoms with Gasteiger partial charge in [0.15, 0.2) is 0 Å². The van der Waals surface area contributed by atoms with Crippen molar-refractivity contribution in [1.82, 2.24) is 15.6 Å². The summed E-state index contributed by atoms with van der Waals surface area (Å²) in [7, 11) is 0. The summed E-state index contributed by atoms with van der Waals surface area (Å²) in [5, 5.41) is 14.0. The molecule has 20 heavy (non-hydrogen) atoms. The zero-order chi connectivity index (χ0) is 14.8. The zero-order valence-corrected chi connectivity index (χ0v) is 11.3. The summed E-state index contributed by atoms with van der Waals surface area (Å²) in [5.41, 5.74) is 0.814. The number of rotatable bonds is 5. The van der Waals surface area contributed by atoms with Crippen LogP contribution in [0.1, 0.15) is 29.3 Å². The van der Waals surface area contributed by atoms with Gasteiger partial charge < -0.3 is 15.7 Å². The van der Waals surface area contributed by atoms with Crippen molar-refractivity contribution in [3.8, 4) is 11.8 Å². The molecule has 3 N–H and O–H groups in total. The molecule has 0 radical (unpaired) electrons. The lowest BCUT2D eigenvalue weighted by atomic mass is 10.1. The summed E-state index contributed by atoms with van der Waals surface area (Å²) in [5.74, 6) is 4.70. The van der Waals surface area contributed by atoms with Crippen LogP contribution in [0.25, 0.3) is 0 Å². The molecule has 0 bridgehead atoms. The lowest BCUT2D eigenvalue weighted by molar-refractivity contribution is -0.120. The molecule has 0 spiro atoms. The van der Waals surface area contributed by atoms with Gasteiger partial charge in [-0.05, 0) is 13.0 Å². The molecule has 0 saturated heterocycles. The van der Waals surface area contributed by atoms with E-state index in [0.29, 0.717) is 17.7 Å². The second kappa shape index (κ2) is 8.67. The third-order valence-electron chi connectivity index (χ3n) is 2.38. The van der Waals surface area contributed by atoms with Gasteiger partial charge in [-0.2, -0.15) is 0 Å². The number of amides is 2. The lowest BCUT2D eigenvalue weighted by Crippen LogP contribution is -2.30. The standard InChI is InChI=1S/C14H17N3O3/c1-2-16-13(19)6-8-17-14(20)12-5-7-15-10-11(12)4-3-9-18/h5,7,10,18H,2,6,8-9H2,1H3,(H,16,19)(H,17,20). The number of aliphatic hydroxyl groups is 1. The number of pyridine rings is 1. The Bertz CT molecular complexity index is 532. The summed E-state index contributed by atoms with van der Waals surface area (Å²) >= 11 is 0. The molecule has 0 aromatic carbocycles. The fourth-order valence-corrected chi connectivity index (χ4v) is 1.50. The van der Waals surface area contributed by atoms with Crippen molar-refractivity contribution >= 4 is 11.8 Å². The fourth-order valence-electron chi connectivity index (χ4n) is 1.50. The minimum absolute atomic E-state index is 0.108. The van der Waals surface area contributed by atoms with Crippen molar-refractivity contribution in [2.75, 3.05) is 19.7 Å². The second-order valence-electron chi connectivity index (χ2n) is 3.84. The predicted molar refractivity (Wildman–Crippen MR) is 73.8 cm³/mol. The van der Waals surface area contributed by atoms with Gasteiger partial charge >= 0.3 is 0 Å². The number of hydrogen-bond donors (Lipinski definition) is 3. The van der Waals surface area contributed by atoms with Crippen LogP contribution in [0.3, 0.4) is 0 Å². The van der Waals surface area contributed by atoms with Crippen molar-refractivity contribution in [3.05, 3.63) is 29.6 Å². The summed E-state index contributed by atoms with van der Waals surface area (Å²) in [6, 6.07) is 1.54. The second-order valence-corrected chi connectivity index (χ2v) is 3.84. The highest BCUT2D eigenvalue weighted by molar-refractivity contribution is 5.96. The molecule has 0 unspecified atom stereocenters. The monoisotopic (exact) mass is 275 g/mol. The number of nitrogens with one attached hydrogen (secondary N) is 2. The first-order chi connectivity index (χ1) is 9.69. The Kier molecular flexibility index (Phi) is 6.79. The predicted octanol–water partition coefficient (Wildman–Crippen LogP) is -0.319. The van der Waals surface area contributed by atoms with Gasteiger partial charge in [-0.25, -0.2) is 0 Å². The Hall–Kier alpha value is -2.39. The molecule has 1 rings (SSSR count). The van der Waals surface area contributed by atoms with Gasteiger partial charge in [-0.1, -0.05) is 11.8 Å². The Labute approximate surface area is 117 Å². The third kappa shape index (κ3) is 5.08. The largest absolute Gasteiger partial charge is 0.384 e. The van der Waals surface area contributed by atoms with E-state index in [9.17, 15) is 9.59 Å². The molecule has 1 heterocycles. The van der Waals surface area contributed by atoms with Gasteiger partial charge in [0, 0.05) is 31.9 Å². The maximum Gasteiger partial charge on any atom is 0.252 e. The Morgan fingerprint density at radius 2 is 2.20 bits per heavy atom. The van der Waals surface area contributed by atoms with Crippen molar-refractivity contribution in [1.29, 1.82) is 0 Å². The van der Waals surface area contributed by atoms with Crippen LogP contribution >= 0.6 is 0 Å². The van der Waals surface area contributed by atoms with E-state index in [1.807, 2.05) is 6.92 Å². The molecule has 0 saturated carbocycles. The molecule has 0 aliphatic heterocycles. The maximum atomic E-state index is 12.0. The molecule has 6 heteroatoms. The Balaban J connectivity index is 2.61. The molecule has 106 valence electrons. The number of carbonyl (C=O) groups is 2. The van der Waals surface area contributed by atoms with E-state index in [1.54, 1.807) is 6.07 Å². The van der Waals surface area contributed by atoms with Crippen molar-refractivity contribution in [2.45, 2.75) is 13.3 Å². The molecule has 0 aliphatic carbocycles. The van der Waals surface area contributed by atoms with Crippen LogP contribution in [0.2, 0.25) is 0 Å². The number of nitrogens with zero attached hydrogens (tertiary/aromatic N) is 1. The van der Waals surface area contributed by atoms with Crippen LogP contribution in [-0.4, -0.2) is 41.6 Å². The van der Waals surface area contributed by atoms with Gasteiger partial charge in [0.1, 0.15) is 6.61 Å². The Morgan fingerprint density at radius 1 is 1.40 bits per heavy atom. The highest BCUT2D eigenvalue weighted by Crippen LogP contribution is 2.05. The van der Waals surface area contributed by atoms with Crippen LogP contribution in [-0.2, 0) is 4.79 Å². The molecule has 1 aromatic heterocycles. The van der Waals surface area contributed by atoms with Gasteiger partial charge in [0.05, 0.1) is 11.1 Å². The van der Waals surface area contributed by atoms with Crippen LogP contribution in [0, 0.1) is 11.8 Å². The summed E-state index contributed by atoms with van der Waals surface area (Å²) in [4.78, 5) is 27.1. The average Bonchev–Trinajstić information content (AvgIpc) is 2.45. The minimum atomic E-state index is -0.320. The summed E-state index contributed by atoms with van der Waals surface area (Å²) in [6.45, 7) is 2.37. The van der Waals surface area contributed by atoms with E-state index in [1.165, 1.54) is 12.4 Å². The van der Waals surface area contributed by atoms with Crippen LogP contribution in [0.4, 0.5) is 0 Å². The highest BCUT2D eigenvalue weighted by atomic mass is 16.2. The van der Waals surface area contributed by atoms with E-state index in [0.717, 1.165) is 0 Å². The van der Waals surface area contributed by atoms with Gasteiger partial charge in [0.25, 0.3) is 5.91 Å². The van der Waals surface area contributed by atoms with Crippen LogP contribution in [0.5, 0.6) is 0 Å². The van der Waals surface area contributed by atoms with Crippen molar-refractivity contribution < 1.29 is 14.7 Å². The molecule has 0 aliphatic rings. The first-order valence-corrected chi connectivity index (χ1v) is 6.27. The lowest BCUT2D eigenvalue weighted by Gasteiger charge is -2.06. The van der Waals surface area contributed by atoms with Crippen molar-refractivity contribution in [3.63, 3.8) is 0 Å². The molecule has 0 atom stereocenters. The maximum absolute atomic E-state index is 12.0. The SMILES string of the molecule is CCNC(=O)CCNC(=O)c1ccncc1C#CCO. The molecule has 0 fully saturated rings. The quantitative estimate of drug-likeness (QED) is 0.642. The van der Waals surface area contributed by atoms with Crippen LogP contribution < -0.4 is 10.6 Å². The normalized spacial score (nSPS) is 9.30. The van der Waals surface area contributed by atoms with Gasteiger partial charge in [-0.15, -0.1) is 0 Å². The topological polar surface area (TPSA) is 91.3 Å². The van der Waals surface area contributed by atoms with E-state index >= 15 is 0 Å². The first-order valence-electron chi connectivity index (χ1n) is 6.27. The zero-order valence-electron chi connectivity index (χ0n) is 11.3. The molecular formula is C14H17N3O3. The molecule has 6 nitrogen and oxygen atoms in total. The number of aliphatic hydroxyl groups excluding tert-OH is 1. The van der Waals surface area contributed by atoms with Gasteiger partial charge in [0.2, 0.25) is 5.91 Å². The van der Waals surface area contributed by atoms with Gasteiger partial charge in [-0.3, -0.25) is 14.6 Å². The third-order valence-corrected chi connectivity index (χ3v) is 2.38.